The maximum absolute atomic E-state index is 9.73. The summed E-state index contributed by atoms with van der Waals surface area (Å²) >= 11 is 0. The molecule has 2 fully saturated rings. The molecule has 1 aromatic carbocycles. The van der Waals surface area contributed by atoms with Gasteiger partial charge in [-0.15, -0.1) is 0 Å². The molecule has 0 atom stereocenters. The van der Waals surface area contributed by atoms with Crippen molar-refractivity contribution in [2.24, 2.45) is 5.92 Å². The molecule has 8 heteroatoms. The Balaban J connectivity index is 1.36. The fourth-order valence-electron chi connectivity index (χ4n) is 4.68. The van der Waals surface area contributed by atoms with Crippen LogP contribution in [0.15, 0.2) is 30.3 Å². The predicted octanol–water partition coefficient (Wildman–Crippen LogP) is 3.33. The number of nitrogen functional groups attached to an aromatic ring is 1. The van der Waals surface area contributed by atoms with E-state index in [9.17, 15) is 5.26 Å². The van der Waals surface area contributed by atoms with Crippen LogP contribution >= 0.6 is 0 Å². The minimum absolute atomic E-state index is 0.260. The van der Waals surface area contributed by atoms with E-state index in [0.717, 1.165) is 38.2 Å². The first-order chi connectivity index (χ1) is 16.2. The fraction of sp³-hybridized carbons (Fsp3) is 0.480. The summed E-state index contributed by atoms with van der Waals surface area (Å²) < 4.78 is 13.2. The Labute approximate surface area is 193 Å². The first kappa shape index (κ1) is 21.7. The van der Waals surface area contributed by atoms with Crippen LogP contribution in [0.25, 0.3) is 11.0 Å². The minimum atomic E-state index is 0.260. The number of anilines is 1. The van der Waals surface area contributed by atoms with Crippen molar-refractivity contribution in [1.82, 2.24) is 19.4 Å². The standard InChI is InChI=1S/C25H30N6O2/c26-14-21-13-22-23(27)28-25(33-17-20-7-11-32-12-8-20)29-24(22)31(21)16-19-5-3-18(4-6-19)15-30-9-1-2-10-30/h3-6,13,20H,1-2,7-12,15-17H2,(H2,27,28,29). The third kappa shape index (κ3) is 4.95. The summed E-state index contributed by atoms with van der Waals surface area (Å²) in [4.78, 5) is 11.4. The Hall–Kier alpha value is -3.15. The van der Waals surface area contributed by atoms with Gasteiger partial charge in [0.05, 0.1) is 18.5 Å². The molecule has 0 spiro atoms. The second-order valence-corrected chi connectivity index (χ2v) is 9.02. The third-order valence-corrected chi connectivity index (χ3v) is 6.63. The Kier molecular flexibility index (Phi) is 6.42. The van der Waals surface area contributed by atoms with Crippen LogP contribution < -0.4 is 10.5 Å². The van der Waals surface area contributed by atoms with Crippen LogP contribution in [0.1, 0.15) is 42.5 Å². The van der Waals surface area contributed by atoms with Crippen LogP contribution in [0.4, 0.5) is 5.82 Å². The van der Waals surface area contributed by atoms with Crippen molar-refractivity contribution in [2.45, 2.75) is 38.8 Å². The summed E-state index contributed by atoms with van der Waals surface area (Å²) in [6.45, 7) is 5.96. The van der Waals surface area contributed by atoms with Gasteiger partial charge in [-0.2, -0.15) is 15.2 Å². The summed E-state index contributed by atoms with van der Waals surface area (Å²) in [5.41, 5.74) is 9.77. The van der Waals surface area contributed by atoms with Crippen molar-refractivity contribution in [1.29, 1.82) is 5.26 Å². The molecular formula is C25H30N6O2. The summed E-state index contributed by atoms with van der Waals surface area (Å²) in [6.07, 6.45) is 4.53. The summed E-state index contributed by atoms with van der Waals surface area (Å²) in [6, 6.07) is 12.9. The minimum Gasteiger partial charge on any atom is -0.463 e. The number of nitriles is 1. The SMILES string of the molecule is N#Cc1cc2c(N)nc(OCC3CCOCC3)nc2n1Cc1ccc(CN2CCCC2)cc1. The van der Waals surface area contributed by atoms with E-state index in [2.05, 4.69) is 45.2 Å². The van der Waals surface area contributed by atoms with Gasteiger partial charge in [0.2, 0.25) is 0 Å². The van der Waals surface area contributed by atoms with E-state index in [0.29, 0.717) is 41.6 Å². The van der Waals surface area contributed by atoms with Gasteiger partial charge in [0, 0.05) is 19.8 Å². The van der Waals surface area contributed by atoms with Gasteiger partial charge >= 0.3 is 6.01 Å². The van der Waals surface area contributed by atoms with Crippen molar-refractivity contribution in [3.05, 3.63) is 47.2 Å². The maximum atomic E-state index is 9.73. The molecule has 0 aliphatic carbocycles. The van der Waals surface area contributed by atoms with Crippen LogP contribution in [-0.4, -0.2) is 52.3 Å². The molecule has 0 bridgehead atoms. The highest BCUT2D eigenvalue weighted by Gasteiger charge is 2.19. The summed E-state index contributed by atoms with van der Waals surface area (Å²) in [5, 5.41) is 10.4. The Morgan fingerprint density at radius 3 is 2.45 bits per heavy atom. The van der Waals surface area contributed by atoms with Gasteiger partial charge in [0.25, 0.3) is 0 Å². The molecule has 3 aromatic rings. The van der Waals surface area contributed by atoms with Gasteiger partial charge in [0.1, 0.15) is 17.6 Å². The molecule has 2 saturated heterocycles. The molecule has 0 amide bonds. The predicted molar refractivity (Wildman–Crippen MR) is 126 cm³/mol. The Morgan fingerprint density at radius 1 is 1.06 bits per heavy atom. The van der Waals surface area contributed by atoms with Crippen LogP contribution in [0.2, 0.25) is 0 Å². The van der Waals surface area contributed by atoms with Crippen LogP contribution in [0.3, 0.4) is 0 Å². The Morgan fingerprint density at radius 2 is 1.76 bits per heavy atom. The van der Waals surface area contributed by atoms with Gasteiger partial charge in [-0.05, 0) is 61.9 Å². The smallest absolute Gasteiger partial charge is 0.320 e. The topological polar surface area (TPSA) is 102 Å². The van der Waals surface area contributed by atoms with E-state index in [-0.39, 0.29) is 6.01 Å². The molecule has 33 heavy (non-hydrogen) atoms. The summed E-state index contributed by atoms with van der Waals surface area (Å²) in [5.74, 6) is 0.762. The highest BCUT2D eigenvalue weighted by atomic mass is 16.5. The number of nitrogens with two attached hydrogens (primary N) is 1. The van der Waals surface area contributed by atoms with E-state index in [1.54, 1.807) is 6.07 Å². The average molecular weight is 447 g/mol. The monoisotopic (exact) mass is 446 g/mol. The molecule has 0 radical (unpaired) electrons. The van der Waals surface area contributed by atoms with Gasteiger partial charge < -0.3 is 19.8 Å². The van der Waals surface area contributed by atoms with Crippen LogP contribution in [-0.2, 0) is 17.8 Å². The number of benzene rings is 1. The number of hydrogen-bond acceptors (Lipinski definition) is 7. The van der Waals surface area contributed by atoms with E-state index in [4.69, 9.17) is 15.2 Å². The zero-order chi connectivity index (χ0) is 22.6. The third-order valence-electron chi connectivity index (χ3n) is 6.63. The van der Waals surface area contributed by atoms with Crippen LogP contribution in [0, 0.1) is 17.2 Å². The molecule has 2 aliphatic heterocycles. The van der Waals surface area contributed by atoms with Gasteiger partial charge in [0.15, 0.2) is 5.65 Å². The van der Waals surface area contributed by atoms with Crippen molar-refractivity contribution < 1.29 is 9.47 Å². The zero-order valence-corrected chi connectivity index (χ0v) is 18.9. The number of fused-ring (bicyclic) bond motifs is 1. The molecule has 2 aliphatic rings. The number of hydrogen-bond donors (Lipinski definition) is 1. The molecule has 8 nitrogen and oxygen atoms in total. The van der Waals surface area contributed by atoms with E-state index >= 15 is 0 Å². The lowest BCUT2D eigenvalue weighted by molar-refractivity contribution is 0.0483. The zero-order valence-electron chi connectivity index (χ0n) is 18.9. The van der Waals surface area contributed by atoms with Crippen molar-refractivity contribution in [2.75, 3.05) is 38.6 Å². The van der Waals surface area contributed by atoms with Crippen LogP contribution in [0.5, 0.6) is 6.01 Å². The number of aromatic nitrogens is 3. The van der Waals surface area contributed by atoms with E-state index in [1.165, 1.54) is 31.5 Å². The van der Waals surface area contributed by atoms with Gasteiger partial charge in [-0.3, -0.25) is 4.90 Å². The maximum Gasteiger partial charge on any atom is 0.320 e. The average Bonchev–Trinajstić information content (AvgIpc) is 3.48. The number of likely N-dealkylation sites (tertiary alicyclic amines) is 1. The normalized spacial score (nSPS) is 17.4. The lowest BCUT2D eigenvalue weighted by Gasteiger charge is -2.21. The van der Waals surface area contributed by atoms with Crippen molar-refractivity contribution in [3.63, 3.8) is 0 Å². The quantitative estimate of drug-likeness (QED) is 0.594. The van der Waals surface area contributed by atoms with E-state index < -0.39 is 0 Å². The second kappa shape index (κ2) is 9.77. The first-order valence-electron chi connectivity index (χ1n) is 11.8. The van der Waals surface area contributed by atoms with E-state index in [1.807, 2.05) is 4.57 Å². The van der Waals surface area contributed by atoms with Gasteiger partial charge in [-0.25, -0.2) is 0 Å². The van der Waals surface area contributed by atoms with Crippen molar-refractivity contribution >= 4 is 16.9 Å². The molecule has 2 aromatic heterocycles. The lowest BCUT2D eigenvalue weighted by Crippen LogP contribution is -2.22. The molecule has 0 saturated carbocycles. The molecule has 5 rings (SSSR count). The van der Waals surface area contributed by atoms with Gasteiger partial charge in [-0.1, -0.05) is 24.3 Å². The lowest BCUT2D eigenvalue weighted by atomic mass is 10.0. The largest absolute Gasteiger partial charge is 0.463 e. The summed E-state index contributed by atoms with van der Waals surface area (Å²) in [7, 11) is 0. The highest BCUT2D eigenvalue weighted by molar-refractivity contribution is 5.88. The molecule has 2 N–H and O–H groups in total. The molecule has 0 unspecified atom stereocenters. The number of ether oxygens (including phenoxy) is 2. The highest BCUT2D eigenvalue weighted by Crippen LogP contribution is 2.26. The Bertz CT molecular complexity index is 1140. The second-order valence-electron chi connectivity index (χ2n) is 9.02. The molecule has 172 valence electrons. The fourth-order valence-corrected chi connectivity index (χ4v) is 4.68. The number of nitrogens with zero attached hydrogens (tertiary/aromatic N) is 5. The number of rotatable bonds is 7. The molecular weight excluding hydrogens is 416 g/mol. The first-order valence-corrected chi connectivity index (χ1v) is 11.8. The molecule has 4 heterocycles. The van der Waals surface area contributed by atoms with Crippen molar-refractivity contribution in [3.8, 4) is 12.1 Å².